The van der Waals surface area contributed by atoms with E-state index in [-0.39, 0.29) is 24.1 Å². The van der Waals surface area contributed by atoms with E-state index in [2.05, 4.69) is 44.2 Å². The molecule has 3 aromatic carbocycles. The van der Waals surface area contributed by atoms with Crippen LogP contribution in [0.15, 0.2) is 48.5 Å². The number of carbonyl (C=O) groups is 1. The SMILES string of the molecule is COC(=O)C[C@@H]1COc2cc(O[C@@H]3CCc4c(-c5c(C)cc(O[C@@H]6CCOC6)cc5C)cccc43)ccc21. The molecule has 0 unspecified atom stereocenters. The van der Waals surface area contributed by atoms with Crippen molar-refractivity contribution < 1.29 is 28.5 Å². The average molecular weight is 515 g/mol. The maximum atomic E-state index is 11.7. The Hall–Kier alpha value is -3.51. The molecule has 6 rings (SSSR count). The number of fused-ring (bicyclic) bond motifs is 2. The lowest BCUT2D eigenvalue weighted by Crippen LogP contribution is -2.15. The summed E-state index contributed by atoms with van der Waals surface area (Å²) < 4.78 is 28.9. The van der Waals surface area contributed by atoms with Crippen LogP contribution in [0, 0.1) is 13.8 Å². The van der Waals surface area contributed by atoms with Crippen molar-refractivity contribution in [2.75, 3.05) is 26.9 Å². The summed E-state index contributed by atoms with van der Waals surface area (Å²) in [6.07, 6.45) is 3.29. The molecule has 3 atom stereocenters. The van der Waals surface area contributed by atoms with Crippen molar-refractivity contribution in [1.82, 2.24) is 0 Å². The molecular weight excluding hydrogens is 480 g/mol. The van der Waals surface area contributed by atoms with Gasteiger partial charge in [0, 0.05) is 24.0 Å². The number of rotatable bonds is 7. The van der Waals surface area contributed by atoms with Gasteiger partial charge in [0.25, 0.3) is 0 Å². The third kappa shape index (κ3) is 4.73. The Morgan fingerprint density at radius 2 is 1.79 bits per heavy atom. The van der Waals surface area contributed by atoms with Gasteiger partial charge in [-0.15, -0.1) is 0 Å². The van der Waals surface area contributed by atoms with Crippen molar-refractivity contribution in [3.8, 4) is 28.4 Å². The van der Waals surface area contributed by atoms with Gasteiger partial charge in [0.05, 0.1) is 33.4 Å². The molecule has 0 spiro atoms. The van der Waals surface area contributed by atoms with E-state index >= 15 is 0 Å². The first-order chi connectivity index (χ1) is 18.5. The molecule has 2 heterocycles. The third-order valence-electron chi connectivity index (χ3n) is 7.97. The summed E-state index contributed by atoms with van der Waals surface area (Å²) in [4.78, 5) is 11.7. The van der Waals surface area contributed by atoms with Crippen LogP contribution in [0.3, 0.4) is 0 Å². The second-order valence-electron chi connectivity index (χ2n) is 10.5. The molecule has 0 bridgehead atoms. The monoisotopic (exact) mass is 514 g/mol. The van der Waals surface area contributed by atoms with Crippen molar-refractivity contribution in [2.24, 2.45) is 0 Å². The van der Waals surface area contributed by atoms with E-state index in [1.165, 1.54) is 40.5 Å². The highest BCUT2D eigenvalue weighted by Crippen LogP contribution is 2.44. The first kappa shape index (κ1) is 24.8. The zero-order valence-electron chi connectivity index (χ0n) is 22.3. The Morgan fingerprint density at radius 3 is 2.55 bits per heavy atom. The zero-order valence-corrected chi connectivity index (χ0v) is 22.3. The van der Waals surface area contributed by atoms with Gasteiger partial charge in [-0.2, -0.15) is 0 Å². The van der Waals surface area contributed by atoms with Crippen LogP contribution in [0.25, 0.3) is 11.1 Å². The van der Waals surface area contributed by atoms with Crippen LogP contribution in [0.4, 0.5) is 0 Å². The lowest BCUT2D eigenvalue weighted by molar-refractivity contribution is -0.141. The number of aryl methyl sites for hydroxylation is 2. The Labute approximate surface area is 223 Å². The second kappa shape index (κ2) is 10.3. The van der Waals surface area contributed by atoms with Crippen LogP contribution in [-0.4, -0.2) is 39.0 Å². The molecule has 0 amide bonds. The Bertz CT molecular complexity index is 1330. The van der Waals surface area contributed by atoms with E-state index in [9.17, 15) is 4.79 Å². The second-order valence-corrected chi connectivity index (χ2v) is 10.5. The quantitative estimate of drug-likeness (QED) is 0.348. The van der Waals surface area contributed by atoms with E-state index in [1.807, 2.05) is 18.2 Å². The van der Waals surface area contributed by atoms with E-state index in [0.717, 1.165) is 48.7 Å². The molecule has 3 aromatic rings. The minimum absolute atomic E-state index is 0.0131. The lowest BCUT2D eigenvalue weighted by Gasteiger charge is -2.19. The molecular formula is C32H34O6. The Balaban J connectivity index is 1.22. The maximum Gasteiger partial charge on any atom is 0.306 e. The standard InChI is InChI=1S/C32H34O6/c1-19-13-24(37-23-11-12-35-18-23)14-20(2)32(19)28-6-4-5-27-26(28)9-10-29(27)38-22-7-8-25-21(15-31(33)34-3)17-36-30(25)16-22/h4-8,13-14,16,21,23,29H,9-12,15,17-18H2,1-3H3/t21-,23-,29-/m1/s1. The van der Waals surface area contributed by atoms with Crippen molar-refractivity contribution in [2.45, 2.75) is 57.7 Å². The molecule has 1 aliphatic carbocycles. The van der Waals surface area contributed by atoms with E-state index in [0.29, 0.717) is 19.6 Å². The third-order valence-corrected chi connectivity index (χ3v) is 7.97. The number of methoxy groups -OCH3 is 1. The van der Waals surface area contributed by atoms with Gasteiger partial charge in [-0.1, -0.05) is 24.3 Å². The summed E-state index contributed by atoms with van der Waals surface area (Å²) in [5.74, 6) is 2.30. The van der Waals surface area contributed by atoms with Gasteiger partial charge in [0.1, 0.15) is 29.5 Å². The summed E-state index contributed by atoms with van der Waals surface area (Å²) in [5, 5.41) is 0. The van der Waals surface area contributed by atoms with Crippen LogP contribution in [0.1, 0.15) is 59.1 Å². The molecule has 0 saturated carbocycles. The molecule has 6 heteroatoms. The lowest BCUT2D eigenvalue weighted by atomic mass is 9.90. The van der Waals surface area contributed by atoms with Gasteiger partial charge in [-0.3, -0.25) is 4.79 Å². The Kier molecular flexibility index (Phi) is 6.75. The molecule has 0 radical (unpaired) electrons. The van der Waals surface area contributed by atoms with Crippen molar-refractivity contribution in [1.29, 1.82) is 0 Å². The van der Waals surface area contributed by atoms with E-state index in [1.54, 1.807) is 0 Å². The number of carbonyl (C=O) groups excluding carboxylic acids is 1. The normalized spacial score (nSPS) is 21.5. The highest BCUT2D eigenvalue weighted by Gasteiger charge is 2.30. The molecule has 1 fully saturated rings. The Morgan fingerprint density at radius 1 is 0.947 bits per heavy atom. The topological polar surface area (TPSA) is 63.2 Å². The van der Waals surface area contributed by atoms with Crippen LogP contribution in [-0.2, 0) is 20.7 Å². The van der Waals surface area contributed by atoms with Gasteiger partial charge >= 0.3 is 5.97 Å². The summed E-state index contributed by atoms with van der Waals surface area (Å²) in [6.45, 7) is 6.26. The fraction of sp³-hybridized carbons (Fsp3) is 0.406. The van der Waals surface area contributed by atoms with Gasteiger partial charge in [0.15, 0.2) is 0 Å². The molecule has 6 nitrogen and oxygen atoms in total. The van der Waals surface area contributed by atoms with Gasteiger partial charge in [-0.25, -0.2) is 0 Å². The predicted octanol–water partition coefficient (Wildman–Crippen LogP) is 6.24. The first-order valence-electron chi connectivity index (χ1n) is 13.5. The minimum atomic E-state index is -0.221. The largest absolute Gasteiger partial charge is 0.492 e. The fourth-order valence-electron chi connectivity index (χ4n) is 6.14. The summed E-state index contributed by atoms with van der Waals surface area (Å²) in [5.41, 5.74) is 8.63. The number of hydrogen-bond acceptors (Lipinski definition) is 6. The van der Waals surface area contributed by atoms with Crippen LogP contribution in [0.5, 0.6) is 17.2 Å². The summed E-state index contributed by atoms with van der Waals surface area (Å²) in [7, 11) is 1.42. The molecule has 1 saturated heterocycles. The molecule has 3 aliphatic rings. The van der Waals surface area contributed by atoms with Gasteiger partial charge < -0.3 is 23.7 Å². The van der Waals surface area contributed by atoms with E-state index < -0.39 is 0 Å². The average Bonchev–Trinajstić information content (AvgIpc) is 3.65. The van der Waals surface area contributed by atoms with Crippen molar-refractivity contribution in [3.05, 3.63) is 76.3 Å². The number of ether oxygens (including phenoxy) is 5. The molecule has 0 N–H and O–H groups in total. The van der Waals surface area contributed by atoms with Crippen molar-refractivity contribution >= 4 is 5.97 Å². The molecule has 2 aliphatic heterocycles. The van der Waals surface area contributed by atoms with Crippen molar-refractivity contribution in [3.63, 3.8) is 0 Å². The summed E-state index contributed by atoms with van der Waals surface area (Å²) >= 11 is 0. The number of hydrogen-bond donors (Lipinski definition) is 0. The number of esters is 1. The zero-order chi connectivity index (χ0) is 26.2. The predicted molar refractivity (Wildman–Crippen MR) is 144 cm³/mol. The highest BCUT2D eigenvalue weighted by molar-refractivity contribution is 5.76. The van der Waals surface area contributed by atoms with Gasteiger partial charge in [-0.05, 0) is 78.3 Å². The smallest absolute Gasteiger partial charge is 0.306 e. The van der Waals surface area contributed by atoms with Gasteiger partial charge in [0.2, 0.25) is 0 Å². The maximum absolute atomic E-state index is 11.7. The number of benzene rings is 3. The van der Waals surface area contributed by atoms with Crippen LogP contribution < -0.4 is 14.2 Å². The minimum Gasteiger partial charge on any atom is -0.492 e. The highest BCUT2D eigenvalue weighted by atomic mass is 16.5. The van der Waals surface area contributed by atoms with Crippen LogP contribution in [0.2, 0.25) is 0 Å². The van der Waals surface area contributed by atoms with Crippen LogP contribution >= 0.6 is 0 Å². The molecule has 38 heavy (non-hydrogen) atoms. The molecule has 198 valence electrons. The van der Waals surface area contributed by atoms with E-state index in [4.69, 9.17) is 23.7 Å². The first-order valence-corrected chi connectivity index (χ1v) is 13.5. The summed E-state index contributed by atoms with van der Waals surface area (Å²) in [6, 6.07) is 16.8. The fourth-order valence-corrected chi connectivity index (χ4v) is 6.14. The molecule has 0 aromatic heterocycles.